The van der Waals surface area contributed by atoms with Gasteiger partial charge in [-0.15, -0.1) is 0 Å². The Morgan fingerprint density at radius 2 is 1.94 bits per heavy atom. The van der Waals surface area contributed by atoms with Crippen molar-refractivity contribution in [3.63, 3.8) is 0 Å². The second kappa shape index (κ2) is 8.91. The molecule has 0 spiro atoms. The Labute approximate surface area is 100 Å². The molecule has 1 fully saturated rings. The van der Waals surface area contributed by atoms with E-state index in [-0.39, 0.29) is 6.04 Å². The minimum atomic E-state index is -0.933. The second-order valence-electron chi connectivity index (χ2n) is 3.86. The molecule has 7 heteroatoms. The molecule has 0 bridgehead atoms. The molecule has 0 saturated carbocycles. The van der Waals surface area contributed by atoms with Gasteiger partial charge in [0.2, 0.25) is 0 Å². The third kappa shape index (κ3) is 7.67. The number of unbranched alkanes of at least 4 members (excludes halogenated alkanes) is 1. The molecule has 0 aromatic carbocycles. The van der Waals surface area contributed by atoms with E-state index in [0.29, 0.717) is 13.0 Å². The lowest BCUT2D eigenvalue weighted by molar-refractivity contribution is -0.141. The molecule has 7 N–H and O–H groups in total. The topological polar surface area (TPSA) is 139 Å². The van der Waals surface area contributed by atoms with Crippen LogP contribution in [0, 0.1) is 0 Å². The van der Waals surface area contributed by atoms with Crippen molar-refractivity contribution in [2.75, 3.05) is 13.1 Å². The van der Waals surface area contributed by atoms with Crippen LogP contribution in [0.5, 0.6) is 0 Å². The number of hydrogen-bond donors (Lipinski definition) is 5. The standard InChI is InChI=1S/C6H14N2O2.C4H7NO2/c7-4-2-1-3-5(8)6(9)10;6-4(7)3-1-2-5-3/h5H,1-4,7-8H2,(H,9,10);3,5H,1-2H2,(H,6,7)/t5-;/m0./s1. The van der Waals surface area contributed by atoms with Crippen LogP contribution in [0.25, 0.3) is 0 Å². The summed E-state index contributed by atoms with van der Waals surface area (Å²) in [4.78, 5) is 20.1. The number of nitrogens with two attached hydrogens (primary N) is 2. The molecule has 0 aromatic heterocycles. The van der Waals surface area contributed by atoms with Gasteiger partial charge in [0.05, 0.1) is 0 Å². The largest absolute Gasteiger partial charge is 0.480 e. The minimum Gasteiger partial charge on any atom is -0.480 e. The van der Waals surface area contributed by atoms with Crippen LogP contribution < -0.4 is 16.8 Å². The Bertz CT molecular complexity index is 244. The summed E-state index contributed by atoms with van der Waals surface area (Å²) in [6, 6.07) is -0.966. The van der Waals surface area contributed by atoms with E-state index < -0.39 is 18.0 Å². The van der Waals surface area contributed by atoms with Crippen LogP contribution in [0.1, 0.15) is 25.7 Å². The van der Waals surface area contributed by atoms with Gasteiger partial charge in [-0.3, -0.25) is 9.59 Å². The van der Waals surface area contributed by atoms with Gasteiger partial charge in [0.1, 0.15) is 12.1 Å². The Morgan fingerprint density at radius 3 is 2.18 bits per heavy atom. The first kappa shape index (κ1) is 15.8. The Morgan fingerprint density at radius 1 is 1.35 bits per heavy atom. The van der Waals surface area contributed by atoms with Crippen LogP contribution in [0.15, 0.2) is 0 Å². The number of carboxylic acids is 2. The Kier molecular flexibility index (Phi) is 8.29. The van der Waals surface area contributed by atoms with Crippen molar-refractivity contribution in [3.05, 3.63) is 0 Å². The molecule has 100 valence electrons. The molecular weight excluding hydrogens is 226 g/mol. The van der Waals surface area contributed by atoms with Crippen molar-refractivity contribution in [2.45, 2.75) is 37.8 Å². The van der Waals surface area contributed by atoms with Crippen LogP contribution in [-0.2, 0) is 9.59 Å². The lowest BCUT2D eigenvalue weighted by Gasteiger charge is -2.22. The highest BCUT2D eigenvalue weighted by Crippen LogP contribution is 1.99. The van der Waals surface area contributed by atoms with E-state index in [4.69, 9.17) is 21.7 Å². The molecular formula is C10H21N3O4. The molecule has 1 saturated heterocycles. The predicted octanol–water partition coefficient (Wildman–Crippen LogP) is -1.04. The third-order valence-electron chi connectivity index (χ3n) is 2.41. The third-order valence-corrected chi connectivity index (χ3v) is 2.41. The second-order valence-corrected chi connectivity index (χ2v) is 3.86. The van der Waals surface area contributed by atoms with Gasteiger partial charge in [0, 0.05) is 0 Å². The molecule has 0 radical (unpaired) electrons. The maximum Gasteiger partial charge on any atom is 0.320 e. The molecule has 1 heterocycles. The smallest absolute Gasteiger partial charge is 0.320 e. The van der Waals surface area contributed by atoms with Gasteiger partial charge in [0.15, 0.2) is 0 Å². The fourth-order valence-corrected chi connectivity index (χ4v) is 1.13. The zero-order valence-electron chi connectivity index (χ0n) is 9.76. The molecule has 17 heavy (non-hydrogen) atoms. The SMILES string of the molecule is NCCCC[C@H](N)C(=O)O.O=C(O)C1CCN1. The first-order valence-corrected chi connectivity index (χ1v) is 5.63. The summed E-state index contributed by atoms with van der Waals surface area (Å²) >= 11 is 0. The number of hydrogen-bond acceptors (Lipinski definition) is 5. The van der Waals surface area contributed by atoms with Crippen molar-refractivity contribution >= 4 is 11.9 Å². The van der Waals surface area contributed by atoms with E-state index in [1.165, 1.54) is 0 Å². The minimum absolute atomic E-state index is 0.250. The van der Waals surface area contributed by atoms with E-state index in [9.17, 15) is 9.59 Å². The summed E-state index contributed by atoms with van der Waals surface area (Å²) in [5.74, 6) is -1.66. The monoisotopic (exact) mass is 247 g/mol. The predicted molar refractivity (Wildman–Crippen MR) is 62.6 cm³/mol. The maximum absolute atomic E-state index is 10.1. The van der Waals surface area contributed by atoms with Gasteiger partial charge < -0.3 is 27.0 Å². The van der Waals surface area contributed by atoms with Crippen LogP contribution in [0.3, 0.4) is 0 Å². The first-order chi connectivity index (χ1) is 7.99. The van der Waals surface area contributed by atoms with Crippen LogP contribution in [0.2, 0.25) is 0 Å². The quantitative estimate of drug-likeness (QED) is 0.378. The number of carbonyl (C=O) groups is 2. The molecule has 1 rings (SSSR count). The molecule has 7 nitrogen and oxygen atoms in total. The summed E-state index contributed by atoms with van der Waals surface area (Å²) in [5.41, 5.74) is 10.4. The highest BCUT2D eigenvalue weighted by atomic mass is 16.4. The van der Waals surface area contributed by atoms with Crippen LogP contribution in [0.4, 0.5) is 0 Å². The fraction of sp³-hybridized carbons (Fsp3) is 0.800. The molecule has 1 aliphatic rings. The van der Waals surface area contributed by atoms with Crippen LogP contribution >= 0.6 is 0 Å². The molecule has 0 amide bonds. The van der Waals surface area contributed by atoms with Crippen LogP contribution in [-0.4, -0.2) is 47.3 Å². The van der Waals surface area contributed by atoms with Gasteiger partial charge in [-0.05, 0) is 32.4 Å². The number of aliphatic carboxylic acids is 2. The maximum atomic E-state index is 10.1. The average Bonchev–Trinajstić information content (AvgIpc) is 2.15. The summed E-state index contributed by atoms with van der Waals surface area (Å²) in [7, 11) is 0. The summed E-state index contributed by atoms with van der Waals surface area (Å²) in [6.45, 7) is 1.46. The first-order valence-electron chi connectivity index (χ1n) is 5.63. The lowest BCUT2D eigenvalue weighted by Crippen LogP contribution is -2.48. The highest BCUT2D eigenvalue weighted by molar-refractivity contribution is 5.74. The van der Waals surface area contributed by atoms with Gasteiger partial charge in [-0.1, -0.05) is 6.42 Å². The summed E-state index contributed by atoms with van der Waals surface area (Å²) < 4.78 is 0. The van der Waals surface area contributed by atoms with Crippen molar-refractivity contribution in [3.8, 4) is 0 Å². The number of nitrogens with one attached hydrogen (secondary N) is 1. The number of carboxylic acid groups (broad SMARTS) is 2. The normalized spacial score (nSPS) is 19.5. The van der Waals surface area contributed by atoms with E-state index in [0.717, 1.165) is 25.8 Å². The van der Waals surface area contributed by atoms with Gasteiger partial charge in [0.25, 0.3) is 0 Å². The molecule has 2 atom stereocenters. The van der Waals surface area contributed by atoms with Crippen molar-refractivity contribution in [2.24, 2.45) is 11.5 Å². The van der Waals surface area contributed by atoms with Gasteiger partial charge in [-0.25, -0.2) is 0 Å². The van der Waals surface area contributed by atoms with Gasteiger partial charge >= 0.3 is 11.9 Å². The zero-order chi connectivity index (χ0) is 13.3. The average molecular weight is 247 g/mol. The zero-order valence-corrected chi connectivity index (χ0v) is 9.76. The molecule has 0 aromatic rings. The Balaban J connectivity index is 0.000000318. The van der Waals surface area contributed by atoms with Gasteiger partial charge in [-0.2, -0.15) is 0 Å². The highest BCUT2D eigenvalue weighted by Gasteiger charge is 2.22. The summed E-state index contributed by atoms with van der Waals surface area (Å²) in [5, 5.41) is 19.2. The van der Waals surface area contributed by atoms with E-state index in [2.05, 4.69) is 5.32 Å². The van der Waals surface area contributed by atoms with E-state index in [1.54, 1.807) is 0 Å². The van der Waals surface area contributed by atoms with Crippen molar-refractivity contribution < 1.29 is 19.8 Å². The lowest BCUT2D eigenvalue weighted by atomic mass is 10.1. The van der Waals surface area contributed by atoms with Crippen molar-refractivity contribution in [1.82, 2.24) is 5.32 Å². The molecule has 1 unspecified atom stereocenters. The Hall–Kier alpha value is -1.18. The summed E-state index contributed by atoms with van der Waals surface area (Å²) in [6.07, 6.45) is 2.95. The van der Waals surface area contributed by atoms with E-state index in [1.807, 2.05) is 0 Å². The molecule has 0 aliphatic carbocycles. The molecule has 1 aliphatic heterocycles. The number of rotatable bonds is 6. The fourth-order valence-electron chi connectivity index (χ4n) is 1.13. The van der Waals surface area contributed by atoms with Crippen molar-refractivity contribution in [1.29, 1.82) is 0 Å². The van der Waals surface area contributed by atoms with E-state index >= 15 is 0 Å².